The zero-order valence-corrected chi connectivity index (χ0v) is 17.5. The second kappa shape index (κ2) is 9.28. The maximum Gasteiger partial charge on any atom is 0.251 e. The number of hydrogen-bond donors (Lipinski definition) is 1. The Balaban J connectivity index is 1.49. The molecular weight excluding hydrogens is 409 g/mol. The van der Waals surface area contributed by atoms with Gasteiger partial charge in [0.15, 0.2) is 5.60 Å². The highest BCUT2D eigenvalue weighted by atomic mass is 19.1. The van der Waals surface area contributed by atoms with E-state index in [1.807, 2.05) is 30.3 Å². The summed E-state index contributed by atoms with van der Waals surface area (Å²) in [7, 11) is 0. The van der Waals surface area contributed by atoms with Crippen LogP contribution in [-0.2, 0) is 27.2 Å². The molecule has 2 N–H and O–H groups in total. The molecular formula is C25H24FN3O3. The van der Waals surface area contributed by atoms with Crippen LogP contribution in [0.15, 0.2) is 73.1 Å². The van der Waals surface area contributed by atoms with Crippen LogP contribution in [0.2, 0.25) is 0 Å². The second-order valence-electron chi connectivity index (χ2n) is 7.94. The summed E-state index contributed by atoms with van der Waals surface area (Å²) < 4.78 is 19.0. The number of nitrogens with two attached hydrogens (primary N) is 1. The van der Waals surface area contributed by atoms with Crippen molar-refractivity contribution in [3.05, 3.63) is 90.0 Å². The number of halogens is 1. The molecule has 6 nitrogen and oxygen atoms in total. The fraction of sp³-hybridized carbons (Fsp3) is 0.240. The normalized spacial score (nSPS) is 18.3. The van der Waals surface area contributed by atoms with Crippen LogP contribution < -0.4 is 5.73 Å². The number of carbonyl (C=O) groups is 2. The van der Waals surface area contributed by atoms with E-state index in [0.29, 0.717) is 6.54 Å². The van der Waals surface area contributed by atoms with Gasteiger partial charge >= 0.3 is 0 Å². The van der Waals surface area contributed by atoms with Gasteiger partial charge in [0.05, 0.1) is 19.6 Å². The third-order valence-electron chi connectivity index (χ3n) is 5.69. The van der Waals surface area contributed by atoms with Gasteiger partial charge in [-0.25, -0.2) is 4.39 Å². The number of nitrogens with zero attached hydrogens (tertiary/aromatic N) is 2. The molecule has 0 bridgehead atoms. The Hall–Kier alpha value is -3.58. The molecule has 1 aliphatic rings. The van der Waals surface area contributed by atoms with Gasteiger partial charge in [-0.3, -0.25) is 14.6 Å². The van der Waals surface area contributed by atoms with Crippen LogP contribution >= 0.6 is 0 Å². The van der Waals surface area contributed by atoms with E-state index in [2.05, 4.69) is 4.98 Å². The molecule has 32 heavy (non-hydrogen) atoms. The molecule has 164 valence electrons. The molecule has 2 heterocycles. The maximum absolute atomic E-state index is 13.2. The minimum atomic E-state index is -1.29. The zero-order chi connectivity index (χ0) is 22.6. The average Bonchev–Trinajstić information content (AvgIpc) is 2.81. The van der Waals surface area contributed by atoms with Gasteiger partial charge in [0.2, 0.25) is 5.91 Å². The fourth-order valence-corrected chi connectivity index (χ4v) is 3.92. The van der Waals surface area contributed by atoms with Crippen molar-refractivity contribution in [2.75, 3.05) is 19.7 Å². The van der Waals surface area contributed by atoms with E-state index in [1.54, 1.807) is 35.5 Å². The molecule has 1 aliphatic heterocycles. The van der Waals surface area contributed by atoms with E-state index in [-0.39, 0.29) is 37.7 Å². The van der Waals surface area contributed by atoms with Crippen LogP contribution in [-0.4, -0.2) is 47.0 Å². The van der Waals surface area contributed by atoms with E-state index < -0.39 is 11.5 Å². The summed E-state index contributed by atoms with van der Waals surface area (Å²) in [6, 6.07) is 17.5. The molecule has 7 heteroatoms. The quantitative estimate of drug-likeness (QED) is 0.648. The molecule has 4 rings (SSSR count). The first kappa shape index (κ1) is 21.6. The first-order chi connectivity index (χ1) is 15.4. The Morgan fingerprint density at radius 2 is 1.72 bits per heavy atom. The Bertz CT molecular complexity index is 1090. The molecule has 0 spiro atoms. The minimum Gasteiger partial charge on any atom is -0.367 e. The van der Waals surface area contributed by atoms with Crippen molar-refractivity contribution in [1.29, 1.82) is 0 Å². The minimum absolute atomic E-state index is 0.0984. The topological polar surface area (TPSA) is 85.5 Å². The summed E-state index contributed by atoms with van der Waals surface area (Å²) in [5, 5.41) is 0. The van der Waals surface area contributed by atoms with Crippen molar-refractivity contribution >= 4 is 11.8 Å². The number of ether oxygens (including phenoxy) is 1. The lowest BCUT2D eigenvalue weighted by atomic mass is 9.90. The SMILES string of the molecule is NC(=O)[C@]1(Cc2ccc(-c3ccc(F)cc3)cc2)CN(C(=O)Cc2cccnc2)CCO1. The highest BCUT2D eigenvalue weighted by Crippen LogP contribution is 2.26. The molecule has 0 unspecified atom stereocenters. The lowest BCUT2D eigenvalue weighted by Crippen LogP contribution is -2.61. The fourth-order valence-electron chi connectivity index (χ4n) is 3.92. The smallest absolute Gasteiger partial charge is 0.251 e. The van der Waals surface area contributed by atoms with Crippen LogP contribution in [0.1, 0.15) is 11.1 Å². The Kier molecular flexibility index (Phi) is 6.28. The molecule has 1 atom stereocenters. The average molecular weight is 433 g/mol. The van der Waals surface area contributed by atoms with Crippen LogP contribution in [0.3, 0.4) is 0 Å². The summed E-state index contributed by atoms with van der Waals surface area (Å²) in [4.78, 5) is 30.9. The number of primary amides is 1. The molecule has 0 aliphatic carbocycles. The van der Waals surface area contributed by atoms with Crippen molar-refractivity contribution < 1.29 is 18.7 Å². The molecule has 1 aromatic heterocycles. The predicted molar refractivity (Wildman–Crippen MR) is 118 cm³/mol. The van der Waals surface area contributed by atoms with Gasteiger partial charge in [-0.15, -0.1) is 0 Å². The van der Waals surface area contributed by atoms with Crippen molar-refractivity contribution in [1.82, 2.24) is 9.88 Å². The summed E-state index contributed by atoms with van der Waals surface area (Å²) in [5.41, 5.74) is 7.95. The molecule has 1 fully saturated rings. The standard InChI is InChI=1S/C25H24FN3O3/c26-22-9-7-21(8-10-22)20-5-3-18(4-6-20)15-25(24(27)31)17-29(12-13-32-25)23(30)14-19-2-1-11-28-16-19/h1-11,16H,12-15,17H2,(H2,27,31)/t25-/m0/s1. The van der Waals surface area contributed by atoms with E-state index in [0.717, 1.165) is 22.3 Å². The van der Waals surface area contributed by atoms with Gasteiger partial charge < -0.3 is 15.4 Å². The van der Waals surface area contributed by atoms with Gasteiger partial charge in [-0.2, -0.15) is 0 Å². The van der Waals surface area contributed by atoms with Crippen LogP contribution in [0.25, 0.3) is 11.1 Å². The van der Waals surface area contributed by atoms with Gasteiger partial charge in [-0.05, 0) is 40.5 Å². The van der Waals surface area contributed by atoms with Crippen molar-refractivity contribution in [2.24, 2.45) is 5.73 Å². The van der Waals surface area contributed by atoms with Gasteiger partial charge in [0, 0.05) is 25.4 Å². The summed E-state index contributed by atoms with van der Waals surface area (Å²) in [6.45, 7) is 0.730. The van der Waals surface area contributed by atoms with Crippen molar-refractivity contribution in [3.63, 3.8) is 0 Å². The summed E-state index contributed by atoms with van der Waals surface area (Å²) in [6.07, 6.45) is 3.77. The Morgan fingerprint density at radius 1 is 1.03 bits per heavy atom. The van der Waals surface area contributed by atoms with E-state index in [4.69, 9.17) is 10.5 Å². The van der Waals surface area contributed by atoms with Crippen LogP contribution in [0.5, 0.6) is 0 Å². The largest absolute Gasteiger partial charge is 0.367 e. The zero-order valence-electron chi connectivity index (χ0n) is 17.5. The second-order valence-corrected chi connectivity index (χ2v) is 7.94. The third-order valence-corrected chi connectivity index (χ3v) is 5.69. The van der Waals surface area contributed by atoms with Crippen molar-refractivity contribution in [3.8, 4) is 11.1 Å². The first-order valence-electron chi connectivity index (χ1n) is 10.4. The molecule has 0 radical (unpaired) electrons. The van der Waals surface area contributed by atoms with Gasteiger partial charge in [0.25, 0.3) is 5.91 Å². The van der Waals surface area contributed by atoms with Gasteiger partial charge in [-0.1, -0.05) is 42.5 Å². The predicted octanol–water partition coefficient (Wildman–Crippen LogP) is 2.76. The monoisotopic (exact) mass is 433 g/mol. The van der Waals surface area contributed by atoms with Crippen molar-refractivity contribution in [2.45, 2.75) is 18.4 Å². The van der Waals surface area contributed by atoms with Gasteiger partial charge in [0.1, 0.15) is 5.82 Å². The molecule has 3 aromatic rings. The van der Waals surface area contributed by atoms with Crippen LogP contribution in [0, 0.1) is 5.82 Å². The number of hydrogen-bond acceptors (Lipinski definition) is 4. The number of carbonyl (C=O) groups excluding carboxylic acids is 2. The highest BCUT2D eigenvalue weighted by Gasteiger charge is 2.43. The lowest BCUT2D eigenvalue weighted by molar-refractivity contribution is -0.163. The summed E-state index contributed by atoms with van der Waals surface area (Å²) >= 11 is 0. The number of pyridine rings is 1. The van der Waals surface area contributed by atoms with E-state index in [1.165, 1.54) is 12.1 Å². The number of amides is 2. The third kappa shape index (κ3) is 4.84. The molecule has 0 saturated carbocycles. The number of aromatic nitrogens is 1. The summed E-state index contributed by atoms with van der Waals surface area (Å²) in [5.74, 6) is -0.983. The molecule has 1 saturated heterocycles. The first-order valence-corrected chi connectivity index (χ1v) is 10.4. The molecule has 2 amide bonds. The Labute approximate surface area is 185 Å². The maximum atomic E-state index is 13.2. The number of benzene rings is 2. The van der Waals surface area contributed by atoms with E-state index in [9.17, 15) is 14.0 Å². The molecule has 2 aromatic carbocycles. The number of rotatable bonds is 6. The Morgan fingerprint density at radius 3 is 2.34 bits per heavy atom. The van der Waals surface area contributed by atoms with Crippen LogP contribution in [0.4, 0.5) is 4.39 Å². The van der Waals surface area contributed by atoms with E-state index >= 15 is 0 Å². The highest BCUT2D eigenvalue weighted by molar-refractivity contribution is 5.86. The lowest BCUT2D eigenvalue weighted by Gasteiger charge is -2.40. The number of morpholine rings is 1.